The van der Waals surface area contributed by atoms with E-state index in [1.807, 2.05) is 20.8 Å². The summed E-state index contributed by atoms with van der Waals surface area (Å²) in [4.78, 5) is 68.8. The Morgan fingerprint density at radius 1 is 1.04 bits per heavy atom. The fourth-order valence-electron chi connectivity index (χ4n) is 7.23. The summed E-state index contributed by atoms with van der Waals surface area (Å²) < 4.78 is 10.2. The predicted octanol–water partition coefficient (Wildman–Crippen LogP) is 1.58. The summed E-state index contributed by atoms with van der Waals surface area (Å²) in [5, 5.41) is 46.5. The van der Waals surface area contributed by atoms with E-state index in [1.165, 1.54) is 30.8 Å². The summed E-state index contributed by atoms with van der Waals surface area (Å²) in [6.07, 6.45) is -0.668. The van der Waals surface area contributed by atoms with Gasteiger partial charge < -0.3 is 45.4 Å². The van der Waals surface area contributed by atoms with Gasteiger partial charge in [-0.1, -0.05) is 20.8 Å². The summed E-state index contributed by atoms with van der Waals surface area (Å²) in [7, 11) is 6.58. The Labute approximate surface area is 284 Å². The van der Waals surface area contributed by atoms with Gasteiger partial charge in [-0.25, -0.2) is 4.79 Å². The van der Waals surface area contributed by atoms with Crippen LogP contribution in [0.25, 0.3) is 5.76 Å². The van der Waals surface area contributed by atoms with Crippen molar-refractivity contribution in [3.63, 3.8) is 0 Å². The Morgan fingerprint density at radius 2 is 1.65 bits per heavy atom. The number of hydrogen-bond donors (Lipinski definition) is 5. The van der Waals surface area contributed by atoms with Crippen LogP contribution in [0.5, 0.6) is 5.75 Å². The molecule has 1 aromatic carbocycles. The first-order chi connectivity index (χ1) is 22.6. The molecule has 1 saturated carbocycles. The first-order valence-electron chi connectivity index (χ1n) is 15.9. The molecule has 0 aromatic heterocycles. The molecule has 3 aliphatic carbocycles. The third-order valence-electron chi connectivity index (χ3n) is 9.16. The number of primary amides is 1. The van der Waals surface area contributed by atoms with Gasteiger partial charge in [-0.05, 0) is 49.9 Å². The summed E-state index contributed by atoms with van der Waals surface area (Å²) in [6.45, 7) is 6.62. The third-order valence-corrected chi connectivity index (χ3v) is 9.16. The lowest BCUT2D eigenvalue weighted by Gasteiger charge is -2.50. The molecule has 2 amide bonds. The van der Waals surface area contributed by atoms with E-state index in [2.05, 4.69) is 0 Å². The number of phenolic OH excluding ortho intramolecular Hbond substituents is 1. The van der Waals surface area contributed by atoms with Gasteiger partial charge >= 0.3 is 12.1 Å². The van der Waals surface area contributed by atoms with Crippen LogP contribution < -0.4 is 10.6 Å². The number of ether oxygens (including phenoxy) is 2. The molecular formula is C34H46N4O11. The van der Waals surface area contributed by atoms with Crippen molar-refractivity contribution in [1.82, 2.24) is 9.80 Å². The summed E-state index contributed by atoms with van der Waals surface area (Å²) in [6, 6.07) is 0.486. The van der Waals surface area contributed by atoms with E-state index in [0.717, 1.165) is 0 Å². The zero-order chi connectivity index (χ0) is 36.9. The van der Waals surface area contributed by atoms with Crippen molar-refractivity contribution in [1.29, 1.82) is 0 Å². The van der Waals surface area contributed by atoms with Crippen LogP contribution >= 0.6 is 0 Å². The molecule has 4 rings (SSSR count). The Morgan fingerprint density at radius 3 is 2.18 bits per heavy atom. The first kappa shape index (κ1) is 37.2. The van der Waals surface area contributed by atoms with Crippen LogP contribution in [-0.2, 0) is 41.6 Å². The maximum Gasteiger partial charge on any atom is 0.410 e. The van der Waals surface area contributed by atoms with Crippen molar-refractivity contribution in [3.05, 3.63) is 39.7 Å². The van der Waals surface area contributed by atoms with Crippen LogP contribution in [0.1, 0.15) is 50.8 Å². The predicted molar refractivity (Wildman–Crippen MR) is 176 cm³/mol. The molecule has 3 aliphatic rings. The molecule has 6 N–H and O–H groups in total. The van der Waals surface area contributed by atoms with Gasteiger partial charge in [0.25, 0.3) is 5.91 Å². The van der Waals surface area contributed by atoms with Crippen molar-refractivity contribution in [2.45, 2.75) is 58.7 Å². The lowest BCUT2D eigenvalue weighted by molar-refractivity contribution is -0.153. The van der Waals surface area contributed by atoms with Gasteiger partial charge in [0, 0.05) is 50.3 Å². The molecule has 1 aromatic rings. The molecule has 0 spiro atoms. The van der Waals surface area contributed by atoms with E-state index in [4.69, 9.17) is 15.2 Å². The lowest BCUT2D eigenvalue weighted by atomic mass is 9.57. The van der Waals surface area contributed by atoms with Crippen LogP contribution in [0.3, 0.4) is 0 Å². The number of aliphatic hydroxyl groups excluding tert-OH is 2. The fraction of sp³-hybridized carbons (Fsp3) is 0.559. The minimum Gasteiger partial charge on any atom is -0.508 e. The molecule has 1 fully saturated rings. The molecule has 4 atom stereocenters. The molecule has 15 nitrogen and oxygen atoms in total. The number of Topliss-reactive ketones (excluding diaryl/α,β-unsaturated/α-hetero) is 2. The highest BCUT2D eigenvalue weighted by molar-refractivity contribution is 6.24. The monoisotopic (exact) mass is 686 g/mol. The molecule has 4 unspecified atom stereocenters. The molecule has 0 heterocycles. The van der Waals surface area contributed by atoms with Crippen molar-refractivity contribution >= 4 is 41.0 Å². The van der Waals surface area contributed by atoms with Gasteiger partial charge in [0.2, 0.25) is 5.78 Å². The first-order valence-corrected chi connectivity index (χ1v) is 15.9. The number of fused-ring (bicyclic) bond motifs is 3. The number of carbonyl (C=O) groups excluding carboxylic acids is 5. The minimum atomic E-state index is -2.76. The number of benzene rings is 1. The van der Waals surface area contributed by atoms with Crippen LogP contribution in [0, 0.1) is 17.3 Å². The van der Waals surface area contributed by atoms with E-state index in [-0.39, 0.29) is 55.8 Å². The number of ketones is 2. The van der Waals surface area contributed by atoms with Crippen molar-refractivity contribution in [3.8, 4) is 5.75 Å². The van der Waals surface area contributed by atoms with E-state index < -0.39 is 81.3 Å². The molecule has 0 radical (unpaired) electrons. The minimum absolute atomic E-state index is 0.0420. The Kier molecular flexibility index (Phi) is 10.1. The average Bonchev–Trinajstić information content (AvgIpc) is 2.96. The molecule has 0 aliphatic heterocycles. The van der Waals surface area contributed by atoms with Gasteiger partial charge in [-0.2, -0.15) is 0 Å². The number of nitrogens with zero attached hydrogens (tertiary/aromatic N) is 3. The van der Waals surface area contributed by atoms with E-state index >= 15 is 0 Å². The summed E-state index contributed by atoms with van der Waals surface area (Å²) in [5.41, 5.74) is 2.26. The smallest absolute Gasteiger partial charge is 0.410 e. The maximum atomic E-state index is 14.3. The number of carbonyl (C=O) groups is 5. The highest BCUT2D eigenvalue weighted by atomic mass is 16.6. The normalized spacial score (nSPS) is 23.5. The number of esters is 1. The van der Waals surface area contributed by atoms with Gasteiger partial charge in [0.15, 0.2) is 11.4 Å². The number of likely N-dealkylation sites (N-methyl/N-ethyl adjacent to an activating group) is 1. The Hall–Kier alpha value is -4.63. The Bertz CT molecular complexity index is 1660. The highest BCUT2D eigenvalue weighted by Crippen LogP contribution is 2.54. The largest absolute Gasteiger partial charge is 0.508 e. The lowest BCUT2D eigenvalue weighted by Crippen LogP contribution is -2.65. The molecule has 268 valence electrons. The standard InChI is InChI=1S/C34H46N4O11/c1-16(39)48-9-10-49-32(46)38(15-33(2,3)4)14-18-13-21(36(5)6)19-11-17-12-20-25(37(7)8)28(42)24(31(35)45)30(44)34(20,47)29(43)22(17)27(41)23(19)26(18)40/h13,17,20,25,40-41,44,47H,9-12,14-15H2,1-8H3,(H2,35,45). The van der Waals surface area contributed by atoms with Crippen molar-refractivity contribution < 1.29 is 53.9 Å². The molecule has 49 heavy (non-hydrogen) atoms. The number of hydrogen-bond acceptors (Lipinski definition) is 13. The van der Waals surface area contributed by atoms with Crippen LogP contribution in [0.15, 0.2) is 23.0 Å². The fourth-order valence-corrected chi connectivity index (χ4v) is 7.23. The number of phenols is 1. The number of aliphatic hydroxyl groups is 3. The second-order valence-electron chi connectivity index (χ2n) is 14.5. The maximum absolute atomic E-state index is 14.3. The molecular weight excluding hydrogens is 640 g/mol. The SMILES string of the molecule is CC(=O)OCCOC(=O)N(Cc1cc(N(C)C)c2c(c1O)C(O)=C1C(=O)C3(O)C(O)=C(C(N)=O)C(=O)C(N(C)C)C3CC1C2)CC(C)(C)C. The number of amides is 2. The van der Waals surface area contributed by atoms with E-state index in [9.17, 15) is 44.4 Å². The molecule has 15 heteroatoms. The summed E-state index contributed by atoms with van der Waals surface area (Å²) in [5.74, 6) is -7.93. The third kappa shape index (κ3) is 6.69. The Balaban J connectivity index is 1.85. The highest BCUT2D eigenvalue weighted by Gasteiger charge is 2.64. The van der Waals surface area contributed by atoms with Crippen LogP contribution in [0.4, 0.5) is 10.5 Å². The van der Waals surface area contributed by atoms with E-state index in [0.29, 0.717) is 11.3 Å². The number of nitrogens with two attached hydrogens (primary N) is 1. The van der Waals surface area contributed by atoms with Gasteiger partial charge in [-0.15, -0.1) is 0 Å². The zero-order valence-electron chi connectivity index (χ0n) is 29.1. The second-order valence-corrected chi connectivity index (χ2v) is 14.5. The van der Waals surface area contributed by atoms with Gasteiger partial charge in [0.05, 0.1) is 18.2 Å². The van der Waals surface area contributed by atoms with Crippen LogP contribution in [0.2, 0.25) is 0 Å². The van der Waals surface area contributed by atoms with Gasteiger partial charge in [0.1, 0.15) is 36.1 Å². The summed E-state index contributed by atoms with van der Waals surface area (Å²) >= 11 is 0. The number of aromatic hydroxyl groups is 1. The number of rotatable bonds is 9. The van der Waals surface area contributed by atoms with Crippen molar-refractivity contribution in [2.24, 2.45) is 23.0 Å². The molecule has 0 saturated heterocycles. The van der Waals surface area contributed by atoms with Gasteiger partial charge in [-0.3, -0.25) is 24.1 Å². The average molecular weight is 687 g/mol. The second kappa shape index (κ2) is 13.3. The zero-order valence-corrected chi connectivity index (χ0v) is 29.1. The quantitative estimate of drug-likeness (QED) is 0.142. The van der Waals surface area contributed by atoms with Crippen LogP contribution in [-0.4, -0.2) is 119 Å². The topological polar surface area (TPSA) is 220 Å². The number of anilines is 1. The van der Waals surface area contributed by atoms with Crippen molar-refractivity contribution in [2.75, 3.05) is 52.8 Å². The van der Waals surface area contributed by atoms with E-state index in [1.54, 1.807) is 25.1 Å². The molecule has 0 bridgehead atoms.